The third kappa shape index (κ3) is 3.94. The molecule has 0 aliphatic heterocycles. The predicted octanol–water partition coefficient (Wildman–Crippen LogP) is -0.601. The largest absolute Gasteiger partial charge is 0.480 e. The summed E-state index contributed by atoms with van der Waals surface area (Å²) in [6.07, 6.45) is 0. The van der Waals surface area contributed by atoms with Gasteiger partial charge in [0.05, 0.1) is 5.25 Å². The molecule has 0 spiro atoms. The third-order valence-corrected chi connectivity index (χ3v) is 2.83. The van der Waals surface area contributed by atoms with Crippen molar-refractivity contribution in [2.45, 2.75) is 19.1 Å². The minimum atomic E-state index is -3.42. The summed E-state index contributed by atoms with van der Waals surface area (Å²) >= 11 is 0. The van der Waals surface area contributed by atoms with Gasteiger partial charge < -0.3 is 5.11 Å². The van der Waals surface area contributed by atoms with Crippen LogP contribution in [0.25, 0.3) is 0 Å². The molecule has 0 atom stereocenters. The van der Waals surface area contributed by atoms with Crippen LogP contribution in [-0.4, -0.2) is 31.3 Å². The fourth-order valence-electron chi connectivity index (χ4n) is 0.329. The van der Waals surface area contributed by atoms with Crippen LogP contribution in [0.2, 0.25) is 0 Å². The Morgan fingerprint density at radius 2 is 2.00 bits per heavy atom. The van der Waals surface area contributed by atoms with E-state index in [0.29, 0.717) is 0 Å². The van der Waals surface area contributed by atoms with Crippen molar-refractivity contribution in [3.05, 3.63) is 0 Å². The summed E-state index contributed by atoms with van der Waals surface area (Å²) in [4.78, 5) is 9.94. The average Bonchev–Trinajstić information content (AvgIpc) is 1.84. The zero-order chi connectivity index (χ0) is 9.07. The molecule has 0 aromatic carbocycles. The van der Waals surface area contributed by atoms with Crippen LogP contribution in [0.1, 0.15) is 13.8 Å². The zero-order valence-electron chi connectivity index (χ0n) is 6.36. The van der Waals surface area contributed by atoms with Crippen LogP contribution in [0.4, 0.5) is 0 Å². The summed E-state index contributed by atoms with van der Waals surface area (Å²) in [5.41, 5.74) is 0. The van der Waals surface area contributed by atoms with E-state index in [1.807, 2.05) is 4.72 Å². The van der Waals surface area contributed by atoms with Crippen molar-refractivity contribution < 1.29 is 18.3 Å². The van der Waals surface area contributed by atoms with Crippen molar-refractivity contribution in [3.63, 3.8) is 0 Å². The van der Waals surface area contributed by atoms with Crippen molar-refractivity contribution in [1.29, 1.82) is 0 Å². The summed E-state index contributed by atoms with van der Waals surface area (Å²) in [5.74, 6) is -1.19. The second-order valence-electron chi connectivity index (χ2n) is 2.31. The van der Waals surface area contributed by atoms with Gasteiger partial charge in [-0.3, -0.25) is 4.79 Å². The summed E-state index contributed by atoms with van der Waals surface area (Å²) in [5, 5.41) is 7.54. The molecule has 66 valence electrons. The van der Waals surface area contributed by atoms with Gasteiger partial charge in [-0.25, -0.2) is 13.1 Å². The fourth-order valence-corrected chi connectivity index (χ4v) is 0.987. The van der Waals surface area contributed by atoms with E-state index in [4.69, 9.17) is 5.11 Å². The second kappa shape index (κ2) is 3.68. The number of carboxylic acids is 1. The lowest BCUT2D eigenvalue weighted by Crippen LogP contribution is -2.34. The maximum atomic E-state index is 10.9. The molecule has 0 aliphatic rings. The molecule has 6 heteroatoms. The van der Waals surface area contributed by atoms with Gasteiger partial charge in [-0.2, -0.15) is 0 Å². The van der Waals surface area contributed by atoms with Crippen LogP contribution in [0.15, 0.2) is 0 Å². The van der Waals surface area contributed by atoms with Crippen molar-refractivity contribution >= 4 is 16.0 Å². The van der Waals surface area contributed by atoms with Gasteiger partial charge in [0, 0.05) is 0 Å². The van der Waals surface area contributed by atoms with Crippen LogP contribution in [0.3, 0.4) is 0 Å². The summed E-state index contributed by atoms with van der Waals surface area (Å²) in [7, 11) is -3.42. The zero-order valence-corrected chi connectivity index (χ0v) is 7.18. The third-order valence-electron chi connectivity index (χ3n) is 1.05. The number of carbonyl (C=O) groups is 1. The van der Waals surface area contributed by atoms with Gasteiger partial charge in [0.25, 0.3) is 0 Å². The molecule has 0 bridgehead atoms. The van der Waals surface area contributed by atoms with Crippen LogP contribution >= 0.6 is 0 Å². The Morgan fingerprint density at radius 1 is 1.55 bits per heavy atom. The summed E-state index contributed by atoms with van der Waals surface area (Å²) < 4.78 is 23.7. The molecule has 0 aromatic heterocycles. The molecule has 0 unspecified atom stereocenters. The Bertz CT molecular complexity index is 231. The smallest absolute Gasteiger partial charge is 0.318 e. The fraction of sp³-hybridized carbons (Fsp3) is 0.800. The normalized spacial score (nSPS) is 11.9. The van der Waals surface area contributed by atoms with Crippen molar-refractivity contribution in [2.24, 2.45) is 0 Å². The number of carboxylic acid groups (broad SMARTS) is 1. The van der Waals surface area contributed by atoms with E-state index in [-0.39, 0.29) is 0 Å². The molecule has 0 amide bonds. The Balaban J connectivity index is 4.05. The van der Waals surface area contributed by atoms with Gasteiger partial charge in [0.2, 0.25) is 10.0 Å². The molecule has 0 fully saturated rings. The summed E-state index contributed by atoms with van der Waals surface area (Å²) in [6, 6.07) is 0. The van der Waals surface area contributed by atoms with Crippen molar-refractivity contribution in [3.8, 4) is 0 Å². The first-order valence-corrected chi connectivity index (χ1v) is 4.61. The van der Waals surface area contributed by atoms with Gasteiger partial charge in [-0.15, -0.1) is 0 Å². The molecular weight excluding hydrogens is 170 g/mol. The molecule has 0 aromatic rings. The number of hydrogen-bond acceptors (Lipinski definition) is 3. The van der Waals surface area contributed by atoms with Gasteiger partial charge in [0.15, 0.2) is 0 Å². The lowest BCUT2D eigenvalue weighted by atomic mass is 10.6. The van der Waals surface area contributed by atoms with Gasteiger partial charge in [-0.1, -0.05) is 0 Å². The molecular formula is C5H11NO4S. The number of hydrogen-bond donors (Lipinski definition) is 2. The molecule has 0 radical (unpaired) electrons. The molecule has 2 N–H and O–H groups in total. The van der Waals surface area contributed by atoms with E-state index in [2.05, 4.69) is 0 Å². The predicted molar refractivity (Wildman–Crippen MR) is 39.7 cm³/mol. The molecule has 0 rings (SSSR count). The Kier molecular flexibility index (Phi) is 3.47. The lowest BCUT2D eigenvalue weighted by molar-refractivity contribution is -0.135. The highest BCUT2D eigenvalue weighted by atomic mass is 32.2. The average molecular weight is 181 g/mol. The van der Waals surface area contributed by atoms with Crippen LogP contribution in [0.5, 0.6) is 0 Å². The van der Waals surface area contributed by atoms with Crippen molar-refractivity contribution in [1.82, 2.24) is 4.72 Å². The van der Waals surface area contributed by atoms with E-state index in [1.165, 1.54) is 13.8 Å². The van der Waals surface area contributed by atoms with Gasteiger partial charge in [0.1, 0.15) is 6.54 Å². The Hall–Kier alpha value is -0.620. The topological polar surface area (TPSA) is 83.5 Å². The molecule has 0 heterocycles. The first kappa shape index (κ1) is 10.4. The molecule has 5 nitrogen and oxygen atoms in total. The number of sulfonamides is 1. The molecule has 0 aliphatic carbocycles. The lowest BCUT2D eigenvalue weighted by Gasteiger charge is -2.06. The highest BCUT2D eigenvalue weighted by Gasteiger charge is 2.15. The van der Waals surface area contributed by atoms with Gasteiger partial charge >= 0.3 is 5.97 Å². The molecule has 11 heavy (non-hydrogen) atoms. The van der Waals surface area contributed by atoms with E-state index < -0.39 is 27.8 Å². The second-order valence-corrected chi connectivity index (χ2v) is 4.63. The van der Waals surface area contributed by atoms with E-state index in [1.54, 1.807) is 0 Å². The molecule has 0 saturated heterocycles. The summed E-state index contributed by atoms with van der Waals surface area (Å²) in [6.45, 7) is 2.40. The monoisotopic (exact) mass is 181 g/mol. The van der Waals surface area contributed by atoms with Gasteiger partial charge in [-0.05, 0) is 13.8 Å². The Labute approximate surface area is 65.5 Å². The van der Waals surface area contributed by atoms with Crippen LogP contribution in [0, 0.1) is 0 Å². The number of aliphatic carboxylic acids is 1. The highest BCUT2D eigenvalue weighted by Crippen LogP contribution is 1.94. The number of rotatable bonds is 4. The minimum Gasteiger partial charge on any atom is -0.480 e. The Morgan fingerprint density at radius 3 is 2.27 bits per heavy atom. The SMILES string of the molecule is CC(C)S(=O)(=O)NCC(=O)O. The maximum absolute atomic E-state index is 10.9. The first-order valence-electron chi connectivity index (χ1n) is 3.06. The van der Waals surface area contributed by atoms with Crippen LogP contribution in [-0.2, 0) is 14.8 Å². The standard InChI is InChI=1S/C5H11NO4S/c1-4(2)11(9,10)6-3-5(7)8/h4,6H,3H2,1-2H3,(H,7,8). The van der Waals surface area contributed by atoms with Crippen LogP contribution < -0.4 is 4.72 Å². The van der Waals surface area contributed by atoms with E-state index in [0.717, 1.165) is 0 Å². The maximum Gasteiger partial charge on any atom is 0.318 e. The minimum absolute atomic E-state index is 0.555. The number of nitrogens with one attached hydrogen (secondary N) is 1. The quantitative estimate of drug-likeness (QED) is 0.606. The van der Waals surface area contributed by atoms with Crippen molar-refractivity contribution in [2.75, 3.05) is 6.54 Å². The highest BCUT2D eigenvalue weighted by molar-refractivity contribution is 7.90. The molecule has 0 saturated carbocycles. The van der Waals surface area contributed by atoms with E-state index in [9.17, 15) is 13.2 Å². The van der Waals surface area contributed by atoms with E-state index >= 15 is 0 Å². The first-order chi connectivity index (χ1) is 4.86.